The summed E-state index contributed by atoms with van der Waals surface area (Å²) < 4.78 is 0. The Kier molecular flexibility index (Phi) is 9.56. The van der Waals surface area contributed by atoms with Crippen LogP contribution in [0.5, 0.6) is 0 Å². The first-order chi connectivity index (χ1) is 12.3. The molecule has 5 nitrogen and oxygen atoms in total. The fraction of sp³-hybridized carbons (Fsp3) is 0.286. The van der Waals surface area contributed by atoms with Crippen LogP contribution in [0.25, 0.3) is 11.1 Å². The van der Waals surface area contributed by atoms with Gasteiger partial charge < -0.3 is 15.2 Å². The predicted molar refractivity (Wildman–Crippen MR) is 99.5 cm³/mol. The first kappa shape index (κ1) is 23.7. The summed E-state index contributed by atoms with van der Waals surface area (Å²) in [6.07, 6.45) is 1.69. The maximum absolute atomic E-state index is 11.8. The molecule has 0 fully saturated rings. The molecule has 27 heavy (non-hydrogen) atoms. The van der Waals surface area contributed by atoms with Crippen molar-refractivity contribution < 1.29 is 70.9 Å². The smallest absolute Gasteiger partial charge is 0.541 e. The van der Waals surface area contributed by atoms with E-state index in [0.29, 0.717) is 0 Å². The van der Waals surface area contributed by atoms with E-state index in [1.807, 2.05) is 30.3 Å². The Bertz CT molecular complexity index is 797. The van der Waals surface area contributed by atoms with Crippen LogP contribution in [0.3, 0.4) is 0 Å². The minimum Gasteiger partial charge on any atom is -0.541 e. The molecular weight excluding hydrogens is 369 g/mol. The second kappa shape index (κ2) is 10.9. The molecule has 0 saturated carbocycles. The Balaban J connectivity index is 0.00000364. The number of carboxylic acid groups (broad SMARTS) is 1. The summed E-state index contributed by atoms with van der Waals surface area (Å²) in [4.78, 5) is 33.7. The zero-order valence-corrected chi connectivity index (χ0v) is 19.2. The van der Waals surface area contributed by atoms with Crippen LogP contribution >= 0.6 is 0 Å². The molecule has 0 heterocycles. The monoisotopic (exact) mass is 391 g/mol. The minimum absolute atomic E-state index is 0. The number of carbonyl (C=O) groups is 2. The number of hydrogen-bond donors (Lipinski definition) is 2. The number of carboxylic acids is 1. The average molecular weight is 392 g/mol. The van der Waals surface area contributed by atoms with E-state index >= 15 is 0 Å². The third kappa shape index (κ3) is 6.36. The van der Waals surface area contributed by atoms with E-state index in [0.717, 1.165) is 16.7 Å². The largest absolute Gasteiger partial charge is 1.00 e. The summed E-state index contributed by atoms with van der Waals surface area (Å²) in [5.41, 5.74) is 5.36. The molecule has 2 unspecified atom stereocenters. The fourth-order valence-electron chi connectivity index (χ4n) is 2.86. The Morgan fingerprint density at radius 3 is 2.11 bits per heavy atom. The van der Waals surface area contributed by atoms with Gasteiger partial charge in [0.2, 0.25) is 0 Å². The van der Waals surface area contributed by atoms with Crippen LogP contribution in [0.1, 0.15) is 23.6 Å². The summed E-state index contributed by atoms with van der Waals surface area (Å²) in [6, 6.07) is 12.6. The van der Waals surface area contributed by atoms with Gasteiger partial charge in [-0.2, -0.15) is 0 Å². The molecule has 6 heteroatoms. The maximum Gasteiger partial charge on any atom is 1.00 e. The molecule has 0 aliphatic rings. The zero-order chi connectivity index (χ0) is 19.3. The normalized spacial score (nSPS) is 12.4. The molecule has 0 bridgehead atoms. The van der Waals surface area contributed by atoms with Crippen molar-refractivity contribution in [3.63, 3.8) is 0 Å². The topological polar surface area (TPSA) is 83.5 Å². The van der Waals surface area contributed by atoms with Crippen molar-refractivity contribution in [3.8, 4) is 11.1 Å². The fourth-order valence-corrected chi connectivity index (χ4v) is 2.86. The van der Waals surface area contributed by atoms with E-state index in [-0.39, 0.29) is 57.8 Å². The third-order valence-corrected chi connectivity index (χ3v) is 4.35. The molecule has 2 rings (SSSR count). The molecule has 2 aromatic rings. The van der Waals surface area contributed by atoms with Gasteiger partial charge in [0.15, 0.2) is 5.91 Å². The van der Waals surface area contributed by atoms with Crippen LogP contribution in [-0.4, -0.2) is 29.3 Å². The summed E-state index contributed by atoms with van der Waals surface area (Å²) >= 11 is 0. The first-order valence-electron chi connectivity index (χ1n) is 8.40. The van der Waals surface area contributed by atoms with Crippen LogP contribution < -0.4 is 56.7 Å². The first-order valence-corrected chi connectivity index (χ1v) is 8.40. The number of benzene rings is 2. The van der Waals surface area contributed by atoms with Gasteiger partial charge in [-0.05, 0) is 41.7 Å². The van der Waals surface area contributed by atoms with E-state index in [4.69, 9.17) is 0 Å². The van der Waals surface area contributed by atoms with Gasteiger partial charge in [0.25, 0.3) is 0 Å². The molecule has 0 radical (unpaired) electrons. The molecule has 0 aliphatic carbocycles. The number of carbonyl (C=O) groups excluding carboxylic acids is 2. The third-order valence-electron chi connectivity index (χ3n) is 4.35. The van der Waals surface area contributed by atoms with Crippen LogP contribution in [0.2, 0.25) is 0 Å². The summed E-state index contributed by atoms with van der Waals surface area (Å²) in [5.74, 6) is -2.78. The van der Waals surface area contributed by atoms with E-state index in [2.05, 4.69) is 31.3 Å². The van der Waals surface area contributed by atoms with Gasteiger partial charge >= 0.3 is 57.4 Å². The molecule has 0 aliphatic heterocycles. The molecule has 0 saturated heterocycles. The van der Waals surface area contributed by atoms with Crippen molar-refractivity contribution in [1.82, 2.24) is 5.32 Å². The second-order valence-corrected chi connectivity index (χ2v) is 6.41. The van der Waals surface area contributed by atoms with Crippen molar-refractivity contribution in [1.29, 1.82) is 0 Å². The number of rotatable bonds is 7. The van der Waals surface area contributed by atoms with Gasteiger partial charge in [-0.15, -0.1) is 0 Å². The van der Waals surface area contributed by atoms with Crippen LogP contribution in [0, 0.1) is 19.8 Å². The van der Waals surface area contributed by atoms with Gasteiger partial charge in [0.05, 0.1) is 0 Å². The van der Waals surface area contributed by atoms with Crippen molar-refractivity contribution in [2.75, 3.05) is 0 Å². The molecule has 0 spiro atoms. The molecule has 1 amide bonds. The maximum atomic E-state index is 11.8. The Morgan fingerprint density at radius 1 is 1.07 bits per heavy atom. The molecular formula is C21H22KNO4. The Hall–Kier alpha value is -1.31. The number of hydrogen-bond acceptors (Lipinski definition) is 3. The van der Waals surface area contributed by atoms with Gasteiger partial charge in [-0.25, -0.2) is 4.79 Å². The Morgan fingerprint density at radius 2 is 1.63 bits per heavy atom. The van der Waals surface area contributed by atoms with E-state index in [1.165, 1.54) is 18.1 Å². The van der Waals surface area contributed by atoms with Gasteiger partial charge in [-0.1, -0.05) is 55.3 Å². The number of nitrogens with one attached hydrogen (secondary N) is 1. The van der Waals surface area contributed by atoms with E-state index in [1.54, 1.807) is 6.29 Å². The van der Waals surface area contributed by atoms with Crippen molar-refractivity contribution >= 4 is 18.2 Å². The number of aryl methyl sites for hydroxylation is 2. The summed E-state index contributed by atoms with van der Waals surface area (Å²) in [5, 5.41) is 11.7. The minimum atomic E-state index is -1.14. The quantitative estimate of drug-likeness (QED) is 0.390. The standard InChI is InChI=1S/C21H22NO4.K/c1-13-5-4-6-14(2)19(13)17-9-7-16(8-10-17)11-18(21(25)26)22-20(24)15(3)12-23;/h4-10,15,18H,11H2,1-3H3,(H,22,24)(H,25,26);/q-1;+1. The Labute approximate surface area is 202 Å². The van der Waals surface area contributed by atoms with Crippen molar-refractivity contribution in [3.05, 3.63) is 59.2 Å². The van der Waals surface area contributed by atoms with Gasteiger partial charge in [-0.3, -0.25) is 11.1 Å². The second-order valence-electron chi connectivity index (χ2n) is 6.41. The summed E-state index contributed by atoms with van der Waals surface area (Å²) in [7, 11) is 0. The summed E-state index contributed by atoms with van der Waals surface area (Å²) in [6.45, 7) is 5.48. The van der Waals surface area contributed by atoms with Crippen LogP contribution in [0.4, 0.5) is 0 Å². The van der Waals surface area contributed by atoms with E-state index in [9.17, 15) is 19.5 Å². The molecule has 2 atom stereocenters. The van der Waals surface area contributed by atoms with Gasteiger partial charge in [0, 0.05) is 6.42 Å². The molecule has 0 aromatic heterocycles. The van der Waals surface area contributed by atoms with Crippen LogP contribution in [0.15, 0.2) is 42.5 Å². The van der Waals surface area contributed by atoms with E-state index < -0.39 is 23.8 Å². The molecule has 2 aromatic carbocycles. The molecule has 136 valence electrons. The van der Waals surface area contributed by atoms with Gasteiger partial charge in [0.1, 0.15) is 6.04 Å². The molecule has 2 N–H and O–H groups in total. The SMILES string of the molecule is Cc1cccc(C)c1-c1ccc(CC(NC(=O)C(C)[C-]=O)C(=O)O)cc1.[K+]. The zero-order valence-electron chi connectivity index (χ0n) is 16.1. The average Bonchev–Trinajstić information content (AvgIpc) is 2.61. The van der Waals surface area contributed by atoms with Crippen molar-refractivity contribution in [2.45, 2.75) is 33.2 Å². The van der Waals surface area contributed by atoms with Crippen LogP contribution in [-0.2, 0) is 20.8 Å². The number of amides is 1. The number of aliphatic carboxylic acids is 1. The predicted octanol–water partition coefficient (Wildman–Crippen LogP) is -0.168. The van der Waals surface area contributed by atoms with Crippen molar-refractivity contribution in [2.24, 2.45) is 5.92 Å².